The molecule has 2 rings (SSSR count). The number of thioether (sulfide) groups is 1. The van der Waals surface area contributed by atoms with Crippen LogP contribution in [-0.2, 0) is 16.4 Å². The molecule has 0 saturated carbocycles. The van der Waals surface area contributed by atoms with Gasteiger partial charge in [-0.2, -0.15) is 11.8 Å². The maximum atomic E-state index is 12.3. The number of rotatable bonds is 5. The number of ether oxygens (including phenoxy) is 1. The Morgan fingerprint density at radius 2 is 2.24 bits per heavy atom. The highest BCUT2D eigenvalue weighted by atomic mass is 32.2. The Kier molecular flexibility index (Phi) is 5.40. The van der Waals surface area contributed by atoms with Crippen LogP contribution in [0.5, 0.6) is 5.75 Å². The van der Waals surface area contributed by atoms with Gasteiger partial charge in [-0.15, -0.1) is 0 Å². The lowest BCUT2D eigenvalue weighted by Crippen LogP contribution is -2.47. The average Bonchev–Trinajstić information content (AvgIpc) is 2.49. The molecule has 0 aromatic heterocycles. The Morgan fingerprint density at radius 1 is 1.48 bits per heavy atom. The van der Waals surface area contributed by atoms with Gasteiger partial charge in [-0.25, -0.2) is 8.42 Å². The quantitative estimate of drug-likeness (QED) is 0.827. The van der Waals surface area contributed by atoms with Crippen LogP contribution in [0.4, 0.5) is 5.69 Å². The van der Waals surface area contributed by atoms with Crippen LogP contribution in [0.3, 0.4) is 0 Å². The summed E-state index contributed by atoms with van der Waals surface area (Å²) < 4.78 is 29.9. The molecular weight excluding hydrogens is 308 g/mol. The first-order valence-electron chi connectivity index (χ1n) is 6.93. The molecule has 0 aliphatic carbocycles. The molecule has 5 nitrogen and oxygen atoms in total. The summed E-state index contributed by atoms with van der Waals surface area (Å²) in [4.78, 5) is 2.03. The van der Waals surface area contributed by atoms with Crippen molar-refractivity contribution >= 4 is 27.3 Å². The Balaban J connectivity index is 2.24. The van der Waals surface area contributed by atoms with E-state index in [4.69, 9.17) is 10.5 Å². The molecule has 1 fully saturated rings. The van der Waals surface area contributed by atoms with E-state index in [1.165, 1.54) is 0 Å². The number of hydrogen-bond donors (Lipinski definition) is 1. The fraction of sp³-hybridized carbons (Fsp3) is 0.571. The zero-order valence-electron chi connectivity index (χ0n) is 12.4. The highest BCUT2D eigenvalue weighted by molar-refractivity contribution is 8.01. The summed E-state index contributed by atoms with van der Waals surface area (Å²) in [6.07, 6.45) is 0. The van der Waals surface area contributed by atoms with Gasteiger partial charge in [0.05, 0.1) is 7.11 Å². The van der Waals surface area contributed by atoms with E-state index in [9.17, 15) is 8.42 Å². The van der Waals surface area contributed by atoms with Crippen LogP contribution < -0.4 is 10.5 Å². The van der Waals surface area contributed by atoms with Crippen LogP contribution in [0.2, 0.25) is 0 Å². The smallest absolute Gasteiger partial charge is 0.166 e. The molecule has 1 heterocycles. The van der Waals surface area contributed by atoms with Crippen LogP contribution in [0.25, 0.3) is 0 Å². The minimum Gasteiger partial charge on any atom is -0.496 e. The topological polar surface area (TPSA) is 72.6 Å². The number of hydrogen-bond acceptors (Lipinski definition) is 6. The molecule has 118 valence electrons. The molecule has 0 amide bonds. The maximum Gasteiger partial charge on any atom is 0.166 e. The van der Waals surface area contributed by atoms with Gasteiger partial charge in [0.2, 0.25) is 0 Å². The van der Waals surface area contributed by atoms with E-state index in [0.717, 1.165) is 17.9 Å². The number of methoxy groups -OCH3 is 1. The van der Waals surface area contributed by atoms with Crippen molar-refractivity contribution in [2.75, 3.05) is 36.6 Å². The van der Waals surface area contributed by atoms with Crippen molar-refractivity contribution in [2.45, 2.75) is 18.8 Å². The highest BCUT2D eigenvalue weighted by Crippen LogP contribution is 2.27. The molecule has 7 heteroatoms. The molecule has 1 aliphatic rings. The second kappa shape index (κ2) is 6.89. The summed E-state index contributed by atoms with van der Waals surface area (Å²) in [5, 5.41) is -0.413. The van der Waals surface area contributed by atoms with Gasteiger partial charge in [-0.3, -0.25) is 4.90 Å². The van der Waals surface area contributed by atoms with Gasteiger partial charge in [0, 0.05) is 47.7 Å². The van der Waals surface area contributed by atoms with Crippen LogP contribution in [-0.4, -0.2) is 49.6 Å². The Hall–Kier alpha value is -0.920. The maximum absolute atomic E-state index is 12.3. The van der Waals surface area contributed by atoms with Gasteiger partial charge in [-0.05, 0) is 6.07 Å². The van der Waals surface area contributed by atoms with E-state index >= 15 is 0 Å². The summed E-state index contributed by atoms with van der Waals surface area (Å²) in [6, 6.07) is 5.50. The fourth-order valence-corrected chi connectivity index (χ4v) is 5.51. The van der Waals surface area contributed by atoms with E-state index in [0.29, 0.717) is 23.7 Å². The zero-order chi connectivity index (χ0) is 15.5. The first kappa shape index (κ1) is 16.5. The SMILES string of the molecule is CCS(=O)(=O)C1CSCCN1Cc1ccc(N)cc1OC. The van der Waals surface area contributed by atoms with Gasteiger partial charge in [0.25, 0.3) is 0 Å². The molecule has 1 aromatic carbocycles. The van der Waals surface area contributed by atoms with Gasteiger partial charge < -0.3 is 10.5 Å². The number of sulfone groups is 1. The molecule has 2 N–H and O–H groups in total. The molecule has 0 radical (unpaired) electrons. The fourth-order valence-electron chi connectivity index (χ4n) is 2.43. The van der Waals surface area contributed by atoms with Crippen LogP contribution in [0.1, 0.15) is 12.5 Å². The minimum absolute atomic E-state index is 0.174. The molecule has 21 heavy (non-hydrogen) atoms. The van der Waals surface area contributed by atoms with Crippen molar-refractivity contribution in [3.8, 4) is 5.75 Å². The lowest BCUT2D eigenvalue weighted by molar-refractivity contribution is 0.257. The van der Waals surface area contributed by atoms with Crippen LogP contribution in [0, 0.1) is 0 Å². The van der Waals surface area contributed by atoms with E-state index < -0.39 is 15.2 Å². The second-order valence-electron chi connectivity index (χ2n) is 5.02. The molecule has 1 aromatic rings. The first-order valence-corrected chi connectivity index (χ1v) is 9.80. The van der Waals surface area contributed by atoms with Crippen LogP contribution in [0.15, 0.2) is 18.2 Å². The Morgan fingerprint density at radius 3 is 2.90 bits per heavy atom. The summed E-state index contributed by atoms with van der Waals surface area (Å²) >= 11 is 1.70. The molecule has 1 saturated heterocycles. The lowest BCUT2D eigenvalue weighted by atomic mass is 10.1. The normalized spacial score (nSPS) is 20.4. The van der Waals surface area contributed by atoms with Gasteiger partial charge in [0.1, 0.15) is 11.1 Å². The Bertz CT molecular complexity index is 590. The summed E-state index contributed by atoms with van der Waals surface area (Å²) in [5.74, 6) is 2.47. The lowest BCUT2D eigenvalue weighted by Gasteiger charge is -2.34. The summed E-state index contributed by atoms with van der Waals surface area (Å²) in [7, 11) is -1.48. The van der Waals surface area contributed by atoms with E-state index in [1.807, 2.05) is 17.0 Å². The minimum atomic E-state index is -3.08. The average molecular weight is 330 g/mol. The number of benzene rings is 1. The molecule has 0 bridgehead atoms. The third kappa shape index (κ3) is 3.84. The summed E-state index contributed by atoms with van der Waals surface area (Å²) in [5.41, 5.74) is 7.37. The third-order valence-electron chi connectivity index (χ3n) is 3.69. The van der Waals surface area contributed by atoms with Crippen molar-refractivity contribution in [3.63, 3.8) is 0 Å². The summed E-state index contributed by atoms with van der Waals surface area (Å²) in [6.45, 7) is 3.03. The van der Waals surface area contributed by atoms with Crippen LogP contribution >= 0.6 is 11.8 Å². The van der Waals surface area contributed by atoms with Crippen molar-refractivity contribution in [1.82, 2.24) is 4.90 Å². The van der Waals surface area contributed by atoms with Crippen molar-refractivity contribution in [3.05, 3.63) is 23.8 Å². The largest absolute Gasteiger partial charge is 0.496 e. The van der Waals surface area contributed by atoms with Gasteiger partial charge in [0.15, 0.2) is 9.84 Å². The molecule has 1 unspecified atom stereocenters. The number of nitrogens with two attached hydrogens (primary N) is 1. The zero-order valence-corrected chi connectivity index (χ0v) is 14.0. The Labute approximate surface area is 130 Å². The molecule has 0 spiro atoms. The van der Waals surface area contributed by atoms with E-state index in [1.54, 1.807) is 31.9 Å². The van der Waals surface area contributed by atoms with Gasteiger partial charge in [-0.1, -0.05) is 13.0 Å². The van der Waals surface area contributed by atoms with Gasteiger partial charge >= 0.3 is 0 Å². The highest BCUT2D eigenvalue weighted by Gasteiger charge is 2.33. The molecule has 1 aliphatic heterocycles. The predicted octanol–water partition coefficient (Wildman–Crippen LogP) is 1.59. The first-order chi connectivity index (χ1) is 9.97. The van der Waals surface area contributed by atoms with Crippen molar-refractivity contribution in [1.29, 1.82) is 0 Å². The number of nitrogens with zero attached hydrogens (tertiary/aromatic N) is 1. The monoisotopic (exact) mass is 330 g/mol. The number of nitrogen functional groups attached to an aromatic ring is 1. The van der Waals surface area contributed by atoms with Crippen molar-refractivity contribution in [2.24, 2.45) is 0 Å². The van der Waals surface area contributed by atoms with E-state index in [-0.39, 0.29) is 5.75 Å². The third-order valence-corrected chi connectivity index (χ3v) is 7.02. The molecular formula is C14H22N2O3S2. The predicted molar refractivity (Wildman–Crippen MR) is 88.4 cm³/mol. The molecule has 1 atom stereocenters. The second-order valence-corrected chi connectivity index (χ2v) is 8.62. The standard InChI is InChI=1S/C14H22N2O3S2/c1-3-21(17,18)14-10-20-7-6-16(14)9-11-4-5-12(15)8-13(11)19-2/h4-5,8,14H,3,6-7,9-10,15H2,1-2H3. The van der Waals surface area contributed by atoms with Crippen molar-refractivity contribution < 1.29 is 13.2 Å². The van der Waals surface area contributed by atoms with E-state index in [2.05, 4.69) is 0 Å². The number of anilines is 1.